The predicted octanol–water partition coefficient (Wildman–Crippen LogP) is 5.80. The number of rotatable bonds is 9. The van der Waals surface area contributed by atoms with Gasteiger partial charge in [0.25, 0.3) is 0 Å². The van der Waals surface area contributed by atoms with Gasteiger partial charge in [0, 0.05) is 36.0 Å². The number of benzene rings is 3. The summed E-state index contributed by atoms with van der Waals surface area (Å²) < 4.78 is 6.05. The molecule has 0 bridgehead atoms. The molecule has 1 unspecified atom stereocenters. The summed E-state index contributed by atoms with van der Waals surface area (Å²) in [5, 5.41) is 4.17. The third-order valence-electron chi connectivity index (χ3n) is 5.47. The van der Waals surface area contributed by atoms with Gasteiger partial charge in [-0.15, -0.1) is 0 Å². The SMILES string of the molecule is CCCNC(=O)CC(c1cccc(OCc2ccccc2)c1)c1c[nH]c2ccccc12. The monoisotopic (exact) mass is 412 g/mol. The first-order chi connectivity index (χ1) is 15.2. The second-order valence-corrected chi connectivity index (χ2v) is 7.74. The molecule has 0 aliphatic rings. The van der Waals surface area contributed by atoms with Crippen molar-refractivity contribution < 1.29 is 9.53 Å². The Morgan fingerprint density at radius 2 is 1.81 bits per heavy atom. The summed E-state index contributed by atoms with van der Waals surface area (Å²) in [5.41, 5.74) is 4.40. The summed E-state index contributed by atoms with van der Waals surface area (Å²) in [6.07, 6.45) is 3.34. The second-order valence-electron chi connectivity index (χ2n) is 7.74. The van der Waals surface area contributed by atoms with E-state index in [4.69, 9.17) is 4.74 Å². The van der Waals surface area contributed by atoms with Gasteiger partial charge in [0.05, 0.1) is 0 Å². The van der Waals surface area contributed by atoms with Gasteiger partial charge in [-0.1, -0.05) is 67.6 Å². The van der Waals surface area contributed by atoms with Crippen molar-refractivity contribution in [3.8, 4) is 5.75 Å². The zero-order valence-corrected chi connectivity index (χ0v) is 17.8. The fourth-order valence-corrected chi connectivity index (χ4v) is 3.87. The number of fused-ring (bicyclic) bond motifs is 1. The number of carbonyl (C=O) groups excluding carboxylic acids is 1. The fraction of sp³-hybridized carbons (Fsp3) is 0.222. The topological polar surface area (TPSA) is 54.1 Å². The average Bonchev–Trinajstić information content (AvgIpc) is 3.25. The maximum atomic E-state index is 12.7. The molecule has 0 saturated heterocycles. The highest BCUT2D eigenvalue weighted by Gasteiger charge is 2.21. The number of aromatic amines is 1. The Kier molecular flexibility index (Phi) is 6.68. The largest absolute Gasteiger partial charge is 0.489 e. The molecule has 31 heavy (non-hydrogen) atoms. The van der Waals surface area contributed by atoms with E-state index in [-0.39, 0.29) is 11.8 Å². The summed E-state index contributed by atoms with van der Waals surface area (Å²) >= 11 is 0. The van der Waals surface area contributed by atoms with Crippen molar-refractivity contribution in [3.05, 3.63) is 102 Å². The van der Waals surface area contributed by atoms with Gasteiger partial charge in [-0.2, -0.15) is 0 Å². The Bertz CT molecular complexity index is 1130. The molecular weight excluding hydrogens is 384 g/mol. The van der Waals surface area contributed by atoms with Crippen molar-refractivity contribution >= 4 is 16.8 Å². The van der Waals surface area contributed by atoms with Crippen molar-refractivity contribution in [3.63, 3.8) is 0 Å². The van der Waals surface area contributed by atoms with E-state index in [1.807, 2.05) is 48.7 Å². The first-order valence-electron chi connectivity index (χ1n) is 10.8. The third kappa shape index (κ3) is 5.15. The maximum Gasteiger partial charge on any atom is 0.220 e. The van der Waals surface area contributed by atoms with Crippen LogP contribution in [0.25, 0.3) is 10.9 Å². The molecule has 0 fully saturated rings. The van der Waals surface area contributed by atoms with Crippen LogP contribution in [0.1, 0.15) is 42.4 Å². The van der Waals surface area contributed by atoms with Crippen LogP contribution >= 0.6 is 0 Å². The summed E-state index contributed by atoms with van der Waals surface area (Å²) in [6, 6.07) is 26.5. The van der Waals surface area contributed by atoms with E-state index in [1.165, 1.54) is 0 Å². The third-order valence-corrected chi connectivity index (χ3v) is 5.47. The summed E-state index contributed by atoms with van der Waals surface area (Å²) in [7, 11) is 0. The molecule has 0 saturated carbocycles. The van der Waals surface area contributed by atoms with Crippen LogP contribution in [-0.4, -0.2) is 17.4 Å². The maximum absolute atomic E-state index is 12.7. The van der Waals surface area contributed by atoms with Crippen LogP contribution in [0.2, 0.25) is 0 Å². The lowest BCUT2D eigenvalue weighted by Gasteiger charge is -2.18. The zero-order chi connectivity index (χ0) is 21.5. The number of carbonyl (C=O) groups is 1. The van der Waals surface area contributed by atoms with Gasteiger partial charge in [-0.3, -0.25) is 4.79 Å². The van der Waals surface area contributed by atoms with E-state index >= 15 is 0 Å². The molecule has 1 aromatic heterocycles. The van der Waals surface area contributed by atoms with Crippen LogP contribution in [0.4, 0.5) is 0 Å². The van der Waals surface area contributed by atoms with Crippen molar-refractivity contribution in [2.24, 2.45) is 0 Å². The van der Waals surface area contributed by atoms with E-state index in [2.05, 4.69) is 53.6 Å². The second kappa shape index (κ2) is 9.98. The normalized spacial score (nSPS) is 11.9. The van der Waals surface area contributed by atoms with Gasteiger partial charge in [-0.05, 0) is 41.3 Å². The van der Waals surface area contributed by atoms with Crippen molar-refractivity contribution in [1.29, 1.82) is 0 Å². The van der Waals surface area contributed by atoms with Crippen molar-refractivity contribution in [2.45, 2.75) is 32.3 Å². The molecule has 3 aromatic carbocycles. The lowest BCUT2D eigenvalue weighted by molar-refractivity contribution is -0.121. The highest BCUT2D eigenvalue weighted by Crippen LogP contribution is 2.34. The van der Waals surface area contributed by atoms with Gasteiger partial charge >= 0.3 is 0 Å². The van der Waals surface area contributed by atoms with Gasteiger partial charge in [-0.25, -0.2) is 0 Å². The van der Waals surface area contributed by atoms with Gasteiger partial charge < -0.3 is 15.0 Å². The molecular formula is C27H28N2O2. The Morgan fingerprint density at radius 3 is 2.65 bits per heavy atom. The van der Waals surface area contributed by atoms with Gasteiger partial charge in [0.15, 0.2) is 0 Å². The average molecular weight is 413 g/mol. The van der Waals surface area contributed by atoms with Gasteiger partial charge in [0.1, 0.15) is 12.4 Å². The van der Waals surface area contributed by atoms with E-state index in [1.54, 1.807) is 0 Å². The first-order valence-corrected chi connectivity index (χ1v) is 10.8. The minimum absolute atomic E-state index is 0.0618. The molecule has 1 amide bonds. The quantitative estimate of drug-likeness (QED) is 0.365. The molecule has 158 valence electrons. The van der Waals surface area contributed by atoms with Crippen molar-refractivity contribution in [1.82, 2.24) is 10.3 Å². The first kappa shape index (κ1) is 20.7. The molecule has 0 aliphatic carbocycles. The van der Waals surface area contributed by atoms with Crippen LogP contribution in [0.5, 0.6) is 5.75 Å². The van der Waals surface area contributed by atoms with Gasteiger partial charge in [0.2, 0.25) is 5.91 Å². The zero-order valence-electron chi connectivity index (χ0n) is 17.8. The number of H-pyrrole nitrogens is 1. The number of aromatic nitrogens is 1. The molecule has 0 aliphatic heterocycles. The summed E-state index contributed by atoms with van der Waals surface area (Å²) in [4.78, 5) is 16.0. The Labute approximate surface area is 183 Å². The number of ether oxygens (including phenoxy) is 1. The fourth-order valence-electron chi connectivity index (χ4n) is 3.87. The van der Waals surface area contributed by atoms with Crippen LogP contribution < -0.4 is 10.1 Å². The Morgan fingerprint density at radius 1 is 1.00 bits per heavy atom. The van der Waals surface area contributed by atoms with Crippen LogP contribution in [0.15, 0.2) is 85.1 Å². The van der Waals surface area contributed by atoms with Crippen LogP contribution in [0, 0.1) is 0 Å². The molecule has 4 rings (SSSR count). The van der Waals surface area contributed by atoms with E-state index in [0.717, 1.165) is 39.8 Å². The molecule has 4 heteroatoms. The minimum atomic E-state index is -0.0618. The van der Waals surface area contributed by atoms with E-state index in [0.29, 0.717) is 19.6 Å². The molecule has 0 radical (unpaired) electrons. The molecule has 2 N–H and O–H groups in total. The molecule has 0 spiro atoms. The number of nitrogens with one attached hydrogen (secondary N) is 2. The van der Waals surface area contributed by atoms with Crippen LogP contribution in [-0.2, 0) is 11.4 Å². The highest BCUT2D eigenvalue weighted by molar-refractivity contribution is 5.86. The summed E-state index contributed by atoms with van der Waals surface area (Å²) in [5.74, 6) is 0.807. The van der Waals surface area contributed by atoms with Crippen molar-refractivity contribution in [2.75, 3.05) is 6.54 Å². The number of para-hydroxylation sites is 1. The predicted molar refractivity (Wildman–Crippen MR) is 125 cm³/mol. The lowest BCUT2D eigenvalue weighted by Crippen LogP contribution is -2.26. The molecule has 1 heterocycles. The molecule has 4 nitrogen and oxygen atoms in total. The minimum Gasteiger partial charge on any atom is -0.489 e. The van der Waals surface area contributed by atoms with E-state index < -0.39 is 0 Å². The molecule has 4 aromatic rings. The number of hydrogen-bond donors (Lipinski definition) is 2. The Balaban J connectivity index is 1.62. The number of amides is 1. The van der Waals surface area contributed by atoms with E-state index in [9.17, 15) is 4.79 Å². The lowest BCUT2D eigenvalue weighted by atomic mass is 9.88. The number of hydrogen-bond acceptors (Lipinski definition) is 2. The van der Waals surface area contributed by atoms with Crippen LogP contribution in [0.3, 0.4) is 0 Å². The summed E-state index contributed by atoms with van der Waals surface area (Å²) in [6.45, 7) is 3.27. The molecule has 1 atom stereocenters. The Hall–Kier alpha value is -3.53. The smallest absolute Gasteiger partial charge is 0.220 e. The standard InChI is InChI=1S/C27H28N2O2/c1-2-15-28-27(30)17-24(25-18-29-26-14-7-6-13-23(25)26)21-11-8-12-22(16-21)31-19-20-9-4-3-5-10-20/h3-14,16,18,24,29H,2,15,17,19H2,1H3,(H,28,30). The highest BCUT2D eigenvalue weighted by atomic mass is 16.5.